The van der Waals surface area contributed by atoms with Gasteiger partial charge in [-0.2, -0.15) is 0 Å². The van der Waals surface area contributed by atoms with E-state index in [4.69, 9.17) is 23.7 Å². The van der Waals surface area contributed by atoms with Gasteiger partial charge in [0.25, 0.3) is 0 Å². The van der Waals surface area contributed by atoms with Crippen molar-refractivity contribution in [2.45, 2.75) is 222 Å². The second-order valence-corrected chi connectivity index (χ2v) is 26.7. The smallest absolute Gasteiger partial charge is 0.309 e. The number of hydrogen-bond donors (Lipinski definition) is 1. The van der Waals surface area contributed by atoms with E-state index < -0.39 is 0 Å². The molecule has 5 aliphatic rings. The van der Waals surface area contributed by atoms with Crippen LogP contribution in [0.5, 0.6) is 0 Å². The molecule has 0 radical (unpaired) electrons. The molecule has 0 fully saturated rings. The maximum absolute atomic E-state index is 13.4. The van der Waals surface area contributed by atoms with Crippen LogP contribution in [0.4, 0.5) is 0 Å². The number of nitrogens with zero attached hydrogens (tertiary/aromatic N) is 2. The lowest BCUT2D eigenvalue weighted by Gasteiger charge is -2.25. The molecule has 0 saturated carbocycles. The summed E-state index contributed by atoms with van der Waals surface area (Å²) in [6.45, 7) is 21.0. The monoisotopic (exact) mass is 1230 g/mol. The fourth-order valence-corrected chi connectivity index (χ4v) is 12.7. The lowest BCUT2D eigenvalue weighted by Crippen LogP contribution is -2.36. The van der Waals surface area contributed by atoms with Gasteiger partial charge < -0.3 is 28.8 Å². The minimum absolute atomic E-state index is 0.0235. The van der Waals surface area contributed by atoms with Crippen molar-refractivity contribution < 1.29 is 52.8 Å². The van der Waals surface area contributed by atoms with E-state index in [1.165, 1.54) is 55.7 Å². The van der Waals surface area contributed by atoms with Crippen LogP contribution in [0.25, 0.3) is 0 Å². The van der Waals surface area contributed by atoms with Crippen LogP contribution in [-0.4, -0.2) is 124 Å². The van der Waals surface area contributed by atoms with Gasteiger partial charge in [0, 0.05) is 39.3 Å². The highest BCUT2D eigenvalue weighted by Crippen LogP contribution is 2.32. The molecule has 0 aromatic heterocycles. The van der Waals surface area contributed by atoms with Crippen LogP contribution in [-0.2, 0) is 47.7 Å². The number of ether oxygens (including phenoxy) is 5. The van der Waals surface area contributed by atoms with Crippen molar-refractivity contribution in [1.82, 2.24) is 9.80 Å². The van der Waals surface area contributed by atoms with Crippen LogP contribution in [0.3, 0.4) is 0 Å². The van der Waals surface area contributed by atoms with Crippen molar-refractivity contribution in [2.24, 2.45) is 29.6 Å². The molecule has 89 heavy (non-hydrogen) atoms. The standard InChI is InChI=1S/C76H116N2O11/c1-57(2)14-9-19-62-24-34-67(35-25-62)72(80)85-51-45-77(44-50-79)46-52-86-73(81)70-40-30-65(31-41-70)22-12-17-60(7)56-61(8)18-13-23-66-32-42-71(43-33-66)76(84)89-55-49-78(47-53-87-74(82)68-36-26-63(27-37-68)20-10-15-58(3)4)48-54-88-75(83)69-38-28-64(29-39-69)21-11-16-59(5)6/h14-18,24,26,28,30,32,67-71,79H,9-13,19-23,25,27,29,31,33-56H2,1-8H3/b60-17+,61-18+. The van der Waals surface area contributed by atoms with E-state index in [9.17, 15) is 29.1 Å². The molecule has 13 heteroatoms. The topological polar surface area (TPSA) is 158 Å². The average molecular weight is 1230 g/mol. The normalized spacial score (nSPS) is 20.7. The Morgan fingerprint density at radius 1 is 0.371 bits per heavy atom. The van der Waals surface area contributed by atoms with Crippen LogP contribution in [0.15, 0.2) is 116 Å². The summed E-state index contributed by atoms with van der Waals surface area (Å²) in [6.07, 6.45) is 45.9. The lowest BCUT2D eigenvalue weighted by atomic mass is 9.87. The molecule has 0 spiro atoms. The van der Waals surface area contributed by atoms with E-state index in [-0.39, 0.29) is 99.1 Å². The molecule has 5 rings (SSSR count). The van der Waals surface area contributed by atoms with Crippen molar-refractivity contribution in [3.05, 3.63) is 116 Å². The third-order valence-electron chi connectivity index (χ3n) is 18.4. The van der Waals surface area contributed by atoms with Gasteiger partial charge in [-0.25, -0.2) is 0 Å². The van der Waals surface area contributed by atoms with E-state index in [1.54, 1.807) is 0 Å². The molecule has 0 bridgehead atoms. The number of allylic oxidation sites excluding steroid dienone is 20. The number of hydrogen-bond acceptors (Lipinski definition) is 13. The molecule has 5 unspecified atom stereocenters. The first kappa shape index (κ1) is 74.4. The van der Waals surface area contributed by atoms with Gasteiger partial charge in [-0.05, 0) is 222 Å². The molecule has 5 atom stereocenters. The van der Waals surface area contributed by atoms with Gasteiger partial charge in [0.05, 0.1) is 36.2 Å². The summed E-state index contributed by atoms with van der Waals surface area (Å²) >= 11 is 0. The third-order valence-corrected chi connectivity index (χ3v) is 18.4. The Balaban J connectivity index is 0.946. The van der Waals surface area contributed by atoms with Gasteiger partial charge >= 0.3 is 29.8 Å². The maximum Gasteiger partial charge on any atom is 0.309 e. The molecular formula is C76H116N2O11. The van der Waals surface area contributed by atoms with Crippen LogP contribution in [0, 0.1) is 29.6 Å². The molecule has 0 saturated heterocycles. The highest BCUT2D eigenvalue weighted by Gasteiger charge is 2.28. The summed E-state index contributed by atoms with van der Waals surface area (Å²) in [5.41, 5.74) is 13.8. The number of carbonyl (C=O) groups excluding carboxylic acids is 5. The lowest BCUT2D eigenvalue weighted by molar-refractivity contribution is -0.152. The quantitative estimate of drug-likeness (QED) is 0.0352. The number of esters is 5. The van der Waals surface area contributed by atoms with E-state index in [2.05, 4.69) is 121 Å². The van der Waals surface area contributed by atoms with Crippen LogP contribution >= 0.6 is 0 Å². The molecule has 0 aromatic carbocycles. The van der Waals surface area contributed by atoms with Crippen molar-refractivity contribution in [1.29, 1.82) is 0 Å². The first-order chi connectivity index (χ1) is 42.9. The minimum Gasteiger partial charge on any atom is -0.464 e. The average Bonchev–Trinajstić information content (AvgIpc) is 3.73. The van der Waals surface area contributed by atoms with Gasteiger partial charge in [-0.1, -0.05) is 116 Å². The van der Waals surface area contributed by atoms with Crippen LogP contribution in [0.2, 0.25) is 0 Å². The zero-order valence-corrected chi connectivity index (χ0v) is 56.5. The zero-order valence-electron chi connectivity index (χ0n) is 56.5. The second-order valence-electron chi connectivity index (χ2n) is 26.7. The Hall–Kier alpha value is -5.37. The summed E-state index contributed by atoms with van der Waals surface area (Å²) in [4.78, 5) is 69.5. The SMILES string of the molecule is CC(C)=CCCC1=CCC(C(=O)OCCN(CCO)CCOC(=O)C2CC=C(CC/C=C(\C)C/C(C)=C/CCC3=CCC(C(=O)OCCN(CCOC(=O)C4CC=C(CCC=C(C)C)CC4)CCOC(=O)C4CC=C(CCC=C(C)C)CC4)CC3)CC2)CC1. The minimum atomic E-state index is -0.174. The van der Waals surface area contributed by atoms with E-state index in [0.29, 0.717) is 65.0 Å². The fourth-order valence-electron chi connectivity index (χ4n) is 12.7. The molecule has 0 aromatic rings. The predicted octanol–water partition coefficient (Wildman–Crippen LogP) is 16.0. The van der Waals surface area contributed by atoms with Crippen molar-refractivity contribution in [3.8, 4) is 0 Å². The van der Waals surface area contributed by atoms with E-state index in [0.717, 1.165) is 141 Å². The molecule has 1 N–H and O–H groups in total. The maximum atomic E-state index is 13.4. The summed E-state index contributed by atoms with van der Waals surface area (Å²) in [6, 6.07) is 0. The predicted molar refractivity (Wildman–Crippen MR) is 358 cm³/mol. The zero-order chi connectivity index (χ0) is 64.2. The van der Waals surface area contributed by atoms with Gasteiger partial charge in [-0.15, -0.1) is 0 Å². The molecule has 0 aliphatic heterocycles. The summed E-state index contributed by atoms with van der Waals surface area (Å²) in [7, 11) is 0. The first-order valence-electron chi connectivity index (χ1n) is 34.4. The summed E-state index contributed by atoms with van der Waals surface area (Å²) in [5, 5.41) is 9.65. The van der Waals surface area contributed by atoms with Gasteiger partial charge in [-0.3, -0.25) is 33.8 Å². The Morgan fingerprint density at radius 3 is 0.798 bits per heavy atom. The summed E-state index contributed by atoms with van der Waals surface area (Å²) < 4.78 is 28.9. The molecular weight excluding hydrogens is 1120 g/mol. The third kappa shape index (κ3) is 31.0. The first-order valence-corrected chi connectivity index (χ1v) is 34.4. The van der Waals surface area contributed by atoms with Gasteiger partial charge in [0.2, 0.25) is 0 Å². The molecule has 13 nitrogen and oxygen atoms in total. The van der Waals surface area contributed by atoms with E-state index in [1.807, 2.05) is 4.90 Å². The second kappa shape index (κ2) is 42.6. The Kier molecular flexibility index (Phi) is 35.6. The summed E-state index contributed by atoms with van der Waals surface area (Å²) in [5.74, 6) is -1.47. The van der Waals surface area contributed by atoms with Gasteiger partial charge in [0.1, 0.15) is 33.0 Å². The Labute approximate surface area is 537 Å². The number of aliphatic hydroxyl groups excluding tert-OH is 1. The Bertz CT molecular complexity index is 2490. The van der Waals surface area contributed by atoms with Crippen molar-refractivity contribution in [2.75, 3.05) is 78.9 Å². The van der Waals surface area contributed by atoms with E-state index >= 15 is 0 Å². The molecule has 0 amide bonds. The van der Waals surface area contributed by atoms with Gasteiger partial charge in [0.15, 0.2) is 0 Å². The van der Waals surface area contributed by atoms with Crippen molar-refractivity contribution in [3.63, 3.8) is 0 Å². The number of carbonyl (C=O) groups is 5. The highest BCUT2D eigenvalue weighted by atomic mass is 16.6. The molecule has 0 heterocycles. The number of aliphatic hydroxyl groups is 1. The number of rotatable bonds is 39. The molecule has 496 valence electrons. The highest BCUT2D eigenvalue weighted by molar-refractivity contribution is 5.75. The van der Waals surface area contributed by atoms with Crippen molar-refractivity contribution >= 4 is 29.8 Å². The van der Waals surface area contributed by atoms with Crippen LogP contribution < -0.4 is 0 Å². The fraction of sp³-hybridized carbons (Fsp3) is 0.671. The van der Waals surface area contributed by atoms with Crippen LogP contribution in [0.1, 0.15) is 222 Å². The molecule has 5 aliphatic carbocycles. The Morgan fingerprint density at radius 2 is 0.596 bits per heavy atom. The largest absolute Gasteiger partial charge is 0.464 e.